The van der Waals surface area contributed by atoms with E-state index in [0.29, 0.717) is 0 Å². The van der Waals surface area contributed by atoms with Crippen LogP contribution in [0.25, 0.3) is 28.1 Å². The van der Waals surface area contributed by atoms with Gasteiger partial charge in [0, 0.05) is 30.2 Å². The van der Waals surface area contributed by atoms with E-state index in [1.165, 1.54) is 0 Å². The maximum atomic E-state index is 10.6. The molecule has 160 valence electrons. The summed E-state index contributed by atoms with van der Waals surface area (Å²) in [5.74, 6) is 0.726. The molecule has 1 unspecified atom stereocenters. The minimum atomic E-state index is -0.333. The van der Waals surface area contributed by atoms with E-state index in [2.05, 4.69) is 22.8 Å². The van der Waals surface area contributed by atoms with Crippen molar-refractivity contribution in [2.24, 2.45) is 0 Å². The lowest BCUT2D eigenvalue weighted by Crippen LogP contribution is -2.27. The topological polar surface area (TPSA) is 78.0 Å². The van der Waals surface area contributed by atoms with E-state index in [1.807, 2.05) is 37.4 Å². The summed E-state index contributed by atoms with van der Waals surface area (Å²) in [6.45, 7) is 4.03. The molecule has 1 N–H and O–H groups in total. The predicted octanol–water partition coefficient (Wildman–Crippen LogP) is 4.39. The number of ether oxygens (including phenoxy) is 1. The summed E-state index contributed by atoms with van der Waals surface area (Å²) < 4.78 is 9.64. The van der Waals surface area contributed by atoms with Gasteiger partial charge in [-0.05, 0) is 50.5 Å². The van der Waals surface area contributed by atoms with E-state index in [0.717, 1.165) is 70.8 Å². The highest BCUT2D eigenvalue weighted by molar-refractivity contribution is 5.81. The summed E-state index contributed by atoms with van der Waals surface area (Å²) in [5.41, 5.74) is 6.24. The lowest BCUT2D eigenvalue weighted by molar-refractivity contribution is 0.0773. The van der Waals surface area contributed by atoms with Gasteiger partial charge in [0.2, 0.25) is 0 Å². The quantitative estimate of drug-likeness (QED) is 0.533. The van der Waals surface area contributed by atoms with Crippen LogP contribution in [0, 0.1) is 13.8 Å². The number of nitrogens with zero attached hydrogens (tertiary/aromatic N) is 5. The van der Waals surface area contributed by atoms with Crippen molar-refractivity contribution in [1.82, 2.24) is 24.3 Å². The van der Waals surface area contributed by atoms with E-state index >= 15 is 0 Å². The molecule has 2 atom stereocenters. The molecule has 7 nitrogen and oxygen atoms in total. The standard InChI is InChI=1S/C24H27N5O2/c1-15-14-28(19-7-4-5-8-20(19)30)24-22(15)27-23(16(2)26-24)18-10-9-17(13-21(18)31-3)29-12-6-11-25-29/h6,9-14,19-20,30H,4-5,7-8H2,1-3H3/t19?,20-/m1/s1. The highest BCUT2D eigenvalue weighted by Crippen LogP contribution is 2.36. The second kappa shape index (κ2) is 7.81. The first-order chi connectivity index (χ1) is 15.1. The molecule has 0 saturated heterocycles. The average Bonchev–Trinajstić information content (AvgIpc) is 3.42. The van der Waals surface area contributed by atoms with Gasteiger partial charge in [-0.25, -0.2) is 14.6 Å². The van der Waals surface area contributed by atoms with Crippen LogP contribution in [0.3, 0.4) is 0 Å². The molecule has 7 heteroatoms. The molecule has 5 rings (SSSR count). The monoisotopic (exact) mass is 417 g/mol. The number of fused-ring (bicyclic) bond motifs is 1. The van der Waals surface area contributed by atoms with Crippen molar-refractivity contribution in [1.29, 1.82) is 0 Å². The van der Waals surface area contributed by atoms with Crippen molar-refractivity contribution in [2.75, 3.05) is 7.11 Å². The first-order valence-electron chi connectivity index (χ1n) is 10.8. The molecule has 0 aliphatic heterocycles. The maximum absolute atomic E-state index is 10.6. The molecule has 1 aliphatic rings. The number of aliphatic hydroxyl groups is 1. The Labute approximate surface area is 181 Å². The molecule has 31 heavy (non-hydrogen) atoms. The van der Waals surface area contributed by atoms with Gasteiger partial charge >= 0.3 is 0 Å². The van der Waals surface area contributed by atoms with Crippen LogP contribution in [0.2, 0.25) is 0 Å². The van der Waals surface area contributed by atoms with Crippen molar-refractivity contribution in [3.8, 4) is 22.7 Å². The summed E-state index contributed by atoms with van der Waals surface area (Å²) in [6.07, 6.45) is 9.43. The van der Waals surface area contributed by atoms with Crippen LogP contribution in [-0.4, -0.2) is 42.6 Å². The smallest absolute Gasteiger partial charge is 0.159 e. The third-order valence-electron chi connectivity index (χ3n) is 6.26. The van der Waals surface area contributed by atoms with E-state index in [-0.39, 0.29) is 12.1 Å². The first-order valence-corrected chi connectivity index (χ1v) is 10.8. The van der Waals surface area contributed by atoms with E-state index < -0.39 is 0 Å². The number of hydrogen-bond acceptors (Lipinski definition) is 5. The van der Waals surface area contributed by atoms with Crippen molar-refractivity contribution in [3.05, 3.63) is 54.1 Å². The van der Waals surface area contributed by atoms with Crippen LogP contribution in [-0.2, 0) is 0 Å². The normalized spacial score (nSPS) is 19.1. The highest BCUT2D eigenvalue weighted by Gasteiger charge is 2.27. The Balaban J connectivity index is 1.61. The Morgan fingerprint density at radius 2 is 1.97 bits per heavy atom. The van der Waals surface area contributed by atoms with Gasteiger partial charge in [0.15, 0.2) is 5.65 Å². The Kier molecular flexibility index (Phi) is 4.98. The second-order valence-electron chi connectivity index (χ2n) is 8.30. The molecule has 1 fully saturated rings. The van der Waals surface area contributed by atoms with E-state index in [1.54, 1.807) is 18.0 Å². The van der Waals surface area contributed by atoms with Gasteiger partial charge in [0.1, 0.15) is 11.3 Å². The molecule has 0 spiro atoms. The Bertz CT molecular complexity index is 1230. The average molecular weight is 418 g/mol. The van der Waals surface area contributed by atoms with Gasteiger partial charge < -0.3 is 14.4 Å². The predicted molar refractivity (Wildman–Crippen MR) is 120 cm³/mol. The van der Waals surface area contributed by atoms with Crippen LogP contribution in [0.15, 0.2) is 42.9 Å². The molecule has 4 aromatic rings. The summed E-state index contributed by atoms with van der Waals surface area (Å²) >= 11 is 0. The fraction of sp³-hybridized carbons (Fsp3) is 0.375. The molecule has 1 aliphatic carbocycles. The number of rotatable bonds is 4. The summed E-state index contributed by atoms with van der Waals surface area (Å²) in [5, 5.41) is 14.9. The van der Waals surface area contributed by atoms with Crippen LogP contribution in [0.5, 0.6) is 5.75 Å². The largest absolute Gasteiger partial charge is 0.496 e. The number of benzene rings is 1. The second-order valence-corrected chi connectivity index (χ2v) is 8.30. The van der Waals surface area contributed by atoms with Gasteiger partial charge in [0.05, 0.1) is 36.3 Å². The van der Waals surface area contributed by atoms with Gasteiger partial charge in [-0.2, -0.15) is 5.10 Å². The summed E-state index contributed by atoms with van der Waals surface area (Å²) in [6, 6.07) is 7.93. The Morgan fingerprint density at radius 1 is 1.13 bits per heavy atom. The van der Waals surface area contributed by atoms with E-state index in [4.69, 9.17) is 14.7 Å². The molecule has 0 amide bonds. The van der Waals surface area contributed by atoms with Crippen LogP contribution < -0.4 is 4.74 Å². The molecule has 0 radical (unpaired) electrons. The number of aliphatic hydroxyl groups excluding tert-OH is 1. The Hall–Kier alpha value is -3.19. The van der Waals surface area contributed by atoms with Gasteiger partial charge in [-0.1, -0.05) is 12.8 Å². The molecule has 0 bridgehead atoms. The Morgan fingerprint density at radius 3 is 2.71 bits per heavy atom. The van der Waals surface area contributed by atoms with Crippen LogP contribution in [0.1, 0.15) is 43.0 Å². The van der Waals surface area contributed by atoms with Crippen LogP contribution in [0.4, 0.5) is 0 Å². The lowest BCUT2D eigenvalue weighted by Gasteiger charge is -2.29. The SMILES string of the molecule is COc1cc(-n2cccn2)ccc1-c1nc2c(C)cn(C3CCCC[C@H]3O)c2nc1C. The lowest BCUT2D eigenvalue weighted by atomic mass is 9.92. The minimum Gasteiger partial charge on any atom is -0.496 e. The summed E-state index contributed by atoms with van der Waals surface area (Å²) in [4.78, 5) is 9.97. The van der Waals surface area contributed by atoms with Crippen molar-refractivity contribution < 1.29 is 9.84 Å². The van der Waals surface area contributed by atoms with Gasteiger partial charge in [0.25, 0.3) is 0 Å². The third-order valence-corrected chi connectivity index (χ3v) is 6.26. The molecular formula is C24H27N5O2. The van der Waals surface area contributed by atoms with Crippen LogP contribution >= 0.6 is 0 Å². The molecule has 1 aromatic carbocycles. The molecular weight excluding hydrogens is 390 g/mol. The minimum absolute atomic E-state index is 0.0624. The van der Waals surface area contributed by atoms with E-state index in [9.17, 15) is 5.11 Å². The number of aryl methyl sites for hydroxylation is 2. The fourth-order valence-electron chi connectivity index (χ4n) is 4.65. The molecule has 3 heterocycles. The zero-order valence-corrected chi connectivity index (χ0v) is 18.1. The third kappa shape index (κ3) is 3.39. The zero-order chi connectivity index (χ0) is 21.5. The number of aromatic nitrogens is 5. The van der Waals surface area contributed by atoms with Crippen molar-refractivity contribution in [2.45, 2.75) is 51.7 Å². The first kappa shape index (κ1) is 19.8. The number of methoxy groups -OCH3 is 1. The number of hydrogen-bond donors (Lipinski definition) is 1. The highest BCUT2D eigenvalue weighted by atomic mass is 16.5. The zero-order valence-electron chi connectivity index (χ0n) is 18.1. The molecule has 3 aromatic heterocycles. The van der Waals surface area contributed by atoms with Gasteiger partial charge in [-0.15, -0.1) is 0 Å². The fourth-order valence-corrected chi connectivity index (χ4v) is 4.65. The summed E-state index contributed by atoms with van der Waals surface area (Å²) in [7, 11) is 1.67. The van der Waals surface area contributed by atoms with Gasteiger partial charge in [-0.3, -0.25) is 0 Å². The molecule has 1 saturated carbocycles. The van der Waals surface area contributed by atoms with Crippen molar-refractivity contribution in [3.63, 3.8) is 0 Å². The van der Waals surface area contributed by atoms with Crippen molar-refractivity contribution >= 4 is 11.2 Å². The maximum Gasteiger partial charge on any atom is 0.159 e.